The van der Waals surface area contributed by atoms with Gasteiger partial charge in [0.25, 0.3) is 0 Å². The van der Waals surface area contributed by atoms with Gasteiger partial charge in [-0.25, -0.2) is 12.8 Å². The van der Waals surface area contributed by atoms with Crippen LogP contribution < -0.4 is 11.1 Å². The van der Waals surface area contributed by atoms with Crippen molar-refractivity contribution in [1.82, 2.24) is 9.62 Å². The van der Waals surface area contributed by atoms with E-state index in [1.807, 2.05) is 0 Å². The summed E-state index contributed by atoms with van der Waals surface area (Å²) in [4.78, 5) is 11.4. The van der Waals surface area contributed by atoms with E-state index in [-0.39, 0.29) is 17.3 Å². The van der Waals surface area contributed by atoms with Gasteiger partial charge in [-0.15, -0.1) is 0 Å². The van der Waals surface area contributed by atoms with Crippen LogP contribution in [-0.4, -0.2) is 38.3 Å². The first kappa shape index (κ1) is 14.7. The van der Waals surface area contributed by atoms with Crippen LogP contribution in [-0.2, 0) is 14.8 Å². The molecule has 1 amide bonds. The monoisotopic (exact) mass is 301 g/mol. The molecule has 0 aromatic heterocycles. The molecule has 0 spiro atoms. The SMILES string of the molecule is CNC(=O)C1CCCN1S(=O)(=O)c1cccc(F)c1N. The maximum atomic E-state index is 13.4. The minimum atomic E-state index is -3.99. The quantitative estimate of drug-likeness (QED) is 0.786. The van der Waals surface area contributed by atoms with E-state index < -0.39 is 27.6 Å². The lowest BCUT2D eigenvalue weighted by atomic mass is 10.2. The molecule has 0 saturated carbocycles. The summed E-state index contributed by atoms with van der Waals surface area (Å²) in [6.07, 6.45) is 1.01. The van der Waals surface area contributed by atoms with Crippen LogP contribution in [0.15, 0.2) is 23.1 Å². The largest absolute Gasteiger partial charge is 0.395 e. The zero-order valence-corrected chi connectivity index (χ0v) is 11.8. The molecule has 6 nitrogen and oxygen atoms in total. The van der Waals surface area contributed by atoms with Crippen LogP contribution >= 0.6 is 0 Å². The van der Waals surface area contributed by atoms with Gasteiger partial charge in [-0.05, 0) is 25.0 Å². The molecule has 1 aliphatic rings. The van der Waals surface area contributed by atoms with Crippen LogP contribution in [0.4, 0.5) is 10.1 Å². The van der Waals surface area contributed by atoms with Crippen molar-refractivity contribution in [2.75, 3.05) is 19.3 Å². The second kappa shape index (κ2) is 5.37. The number of rotatable bonds is 3. The van der Waals surface area contributed by atoms with Crippen LogP contribution in [0, 0.1) is 5.82 Å². The van der Waals surface area contributed by atoms with Crippen molar-refractivity contribution in [3.05, 3.63) is 24.0 Å². The minimum Gasteiger partial charge on any atom is -0.395 e. The maximum Gasteiger partial charge on any atom is 0.245 e. The van der Waals surface area contributed by atoms with E-state index in [0.29, 0.717) is 12.8 Å². The molecule has 1 saturated heterocycles. The van der Waals surface area contributed by atoms with E-state index in [1.165, 1.54) is 19.2 Å². The summed E-state index contributed by atoms with van der Waals surface area (Å²) in [5, 5.41) is 2.44. The van der Waals surface area contributed by atoms with Gasteiger partial charge in [-0.2, -0.15) is 4.31 Å². The Morgan fingerprint density at radius 2 is 2.20 bits per heavy atom. The predicted octanol–water partition coefficient (Wildman–Crippen LogP) is 0.307. The fraction of sp³-hybridized carbons (Fsp3) is 0.417. The standard InChI is InChI=1S/C12H16FN3O3S/c1-15-12(17)9-5-3-7-16(9)20(18,19)10-6-2-4-8(13)11(10)14/h2,4,6,9H,3,5,7,14H2,1H3,(H,15,17). The Morgan fingerprint density at radius 3 is 2.85 bits per heavy atom. The van der Waals surface area contributed by atoms with Crippen molar-refractivity contribution >= 4 is 21.6 Å². The Labute approximate surface area is 116 Å². The molecule has 1 heterocycles. The van der Waals surface area contributed by atoms with Gasteiger partial charge in [0.05, 0.1) is 5.69 Å². The zero-order chi connectivity index (χ0) is 14.9. The van der Waals surface area contributed by atoms with Gasteiger partial charge in [0.1, 0.15) is 16.8 Å². The number of hydrogen-bond acceptors (Lipinski definition) is 4. The number of halogens is 1. The average molecular weight is 301 g/mol. The molecule has 1 atom stereocenters. The predicted molar refractivity (Wildman–Crippen MR) is 71.8 cm³/mol. The van der Waals surface area contributed by atoms with E-state index >= 15 is 0 Å². The number of hydrogen-bond donors (Lipinski definition) is 2. The number of anilines is 1. The molecule has 1 aromatic carbocycles. The first-order valence-corrected chi connectivity index (χ1v) is 7.61. The highest BCUT2D eigenvalue weighted by atomic mass is 32.2. The fourth-order valence-electron chi connectivity index (χ4n) is 2.32. The molecule has 0 aliphatic carbocycles. The van der Waals surface area contributed by atoms with Crippen molar-refractivity contribution in [3.63, 3.8) is 0 Å². The highest BCUT2D eigenvalue weighted by Crippen LogP contribution is 2.30. The molecule has 3 N–H and O–H groups in total. The highest BCUT2D eigenvalue weighted by Gasteiger charge is 2.40. The van der Waals surface area contributed by atoms with Crippen LogP contribution in [0.2, 0.25) is 0 Å². The van der Waals surface area contributed by atoms with Crippen molar-refractivity contribution < 1.29 is 17.6 Å². The summed E-state index contributed by atoms with van der Waals surface area (Å²) < 4.78 is 39.6. The second-order valence-corrected chi connectivity index (χ2v) is 6.40. The third-order valence-corrected chi connectivity index (χ3v) is 5.32. The van der Waals surface area contributed by atoms with E-state index in [1.54, 1.807) is 0 Å². The van der Waals surface area contributed by atoms with Crippen molar-refractivity contribution in [2.24, 2.45) is 0 Å². The molecule has 0 bridgehead atoms. The smallest absolute Gasteiger partial charge is 0.245 e. The fourth-order valence-corrected chi connectivity index (χ4v) is 4.11. The summed E-state index contributed by atoms with van der Waals surface area (Å²) in [6, 6.07) is 2.85. The van der Waals surface area contributed by atoms with E-state index in [2.05, 4.69) is 5.32 Å². The Balaban J connectivity index is 2.44. The van der Waals surface area contributed by atoms with Gasteiger partial charge in [-0.1, -0.05) is 6.07 Å². The van der Waals surface area contributed by atoms with Gasteiger partial charge < -0.3 is 11.1 Å². The molecule has 20 heavy (non-hydrogen) atoms. The zero-order valence-electron chi connectivity index (χ0n) is 11.0. The summed E-state index contributed by atoms with van der Waals surface area (Å²) >= 11 is 0. The number of carbonyl (C=O) groups excluding carboxylic acids is 1. The summed E-state index contributed by atoms with van der Waals surface area (Å²) in [6.45, 7) is 0.219. The lowest BCUT2D eigenvalue weighted by Crippen LogP contribution is -2.44. The number of para-hydroxylation sites is 1. The van der Waals surface area contributed by atoms with Crippen molar-refractivity contribution in [3.8, 4) is 0 Å². The molecule has 2 rings (SSSR count). The number of nitrogens with two attached hydrogens (primary N) is 1. The van der Waals surface area contributed by atoms with Gasteiger partial charge in [0.2, 0.25) is 15.9 Å². The van der Waals surface area contributed by atoms with E-state index in [4.69, 9.17) is 5.73 Å². The maximum absolute atomic E-state index is 13.4. The van der Waals surface area contributed by atoms with Crippen LogP contribution in [0.25, 0.3) is 0 Å². The summed E-state index contributed by atoms with van der Waals surface area (Å²) in [5.41, 5.74) is 5.09. The van der Waals surface area contributed by atoms with Gasteiger partial charge in [0, 0.05) is 13.6 Å². The number of nitrogens with zero attached hydrogens (tertiary/aromatic N) is 1. The lowest BCUT2D eigenvalue weighted by molar-refractivity contribution is -0.123. The second-order valence-electron chi connectivity index (χ2n) is 4.54. The Kier molecular flexibility index (Phi) is 3.96. The van der Waals surface area contributed by atoms with Gasteiger partial charge >= 0.3 is 0 Å². The molecule has 110 valence electrons. The van der Waals surface area contributed by atoms with Gasteiger partial charge in [0.15, 0.2) is 0 Å². The number of nitrogen functional groups attached to an aromatic ring is 1. The number of nitrogens with one attached hydrogen (secondary N) is 1. The number of sulfonamides is 1. The van der Waals surface area contributed by atoms with Gasteiger partial charge in [-0.3, -0.25) is 4.79 Å². The molecule has 1 aliphatic heterocycles. The van der Waals surface area contributed by atoms with Crippen LogP contribution in [0.3, 0.4) is 0 Å². The highest BCUT2D eigenvalue weighted by molar-refractivity contribution is 7.89. The average Bonchev–Trinajstić information content (AvgIpc) is 2.90. The van der Waals surface area contributed by atoms with Crippen LogP contribution in [0.5, 0.6) is 0 Å². The Hall–Kier alpha value is -1.67. The Bertz CT molecular complexity index is 633. The Morgan fingerprint density at radius 1 is 1.50 bits per heavy atom. The van der Waals surface area contributed by atoms with Crippen molar-refractivity contribution in [2.45, 2.75) is 23.8 Å². The third kappa shape index (κ3) is 2.36. The molecule has 0 radical (unpaired) electrons. The summed E-state index contributed by atoms with van der Waals surface area (Å²) in [7, 11) is -2.54. The minimum absolute atomic E-state index is 0.219. The first-order chi connectivity index (χ1) is 9.39. The number of benzene rings is 1. The van der Waals surface area contributed by atoms with Crippen LogP contribution in [0.1, 0.15) is 12.8 Å². The van der Waals surface area contributed by atoms with Crippen molar-refractivity contribution in [1.29, 1.82) is 0 Å². The topological polar surface area (TPSA) is 92.5 Å². The van der Waals surface area contributed by atoms with E-state index in [0.717, 1.165) is 10.4 Å². The molecule has 1 unspecified atom stereocenters. The summed E-state index contributed by atoms with van der Waals surface area (Å²) in [5.74, 6) is -1.16. The lowest BCUT2D eigenvalue weighted by Gasteiger charge is -2.23. The molecule has 8 heteroatoms. The molecular formula is C12H16FN3O3S. The number of amides is 1. The number of likely N-dealkylation sites (N-methyl/N-ethyl adjacent to an activating group) is 1. The first-order valence-electron chi connectivity index (χ1n) is 6.17. The molecule has 1 aromatic rings. The number of carbonyl (C=O) groups is 1. The molecular weight excluding hydrogens is 285 g/mol. The van der Waals surface area contributed by atoms with E-state index in [9.17, 15) is 17.6 Å². The normalized spacial score (nSPS) is 20.0. The molecule has 1 fully saturated rings. The third-order valence-electron chi connectivity index (χ3n) is 3.35.